The number of aromatic nitrogens is 3. The monoisotopic (exact) mass is 453 g/mol. The van der Waals surface area contributed by atoms with Gasteiger partial charge in [0.25, 0.3) is 0 Å². The van der Waals surface area contributed by atoms with E-state index in [1.165, 1.54) is 18.2 Å². The summed E-state index contributed by atoms with van der Waals surface area (Å²) in [4.78, 5) is 12.1. The Hall–Kier alpha value is -1.54. The lowest BCUT2D eigenvalue weighted by Crippen LogP contribution is -2.22. The van der Waals surface area contributed by atoms with Gasteiger partial charge in [-0.05, 0) is 56.9 Å². The van der Waals surface area contributed by atoms with E-state index in [0.717, 1.165) is 41.7 Å². The van der Waals surface area contributed by atoms with Gasteiger partial charge in [-0.25, -0.2) is 0 Å². The van der Waals surface area contributed by atoms with E-state index < -0.39 is 0 Å². The number of halogens is 1. The van der Waals surface area contributed by atoms with Gasteiger partial charge in [0.1, 0.15) is 18.5 Å². The maximum atomic E-state index is 12.1. The van der Waals surface area contributed by atoms with Crippen molar-refractivity contribution in [2.75, 3.05) is 5.75 Å². The second-order valence-electron chi connectivity index (χ2n) is 6.42. The van der Waals surface area contributed by atoms with Gasteiger partial charge in [0.05, 0.1) is 5.75 Å². The van der Waals surface area contributed by atoms with E-state index in [1.807, 2.05) is 35.8 Å². The molecule has 1 aliphatic rings. The molecule has 6 nitrogen and oxygen atoms in total. The van der Waals surface area contributed by atoms with Crippen LogP contribution in [0.4, 0.5) is 0 Å². The molecule has 0 spiro atoms. The van der Waals surface area contributed by atoms with Crippen LogP contribution in [0, 0.1) is 0 Å². The first-order chi connectivity index (χ1) is 13.2. The summed E-state index contributed by atoms with van der Waals surface area (Å²) in [6.45, 7) is 3.07. The smallest absolute Gasteiger partial charge is 0.316 e. The Morgan fingerprint density at radius 3 is 2.67 bits per heavy atom. The van der Waals surface area contributed by atoms with Gasteiger partial charge >= 0.3 is 5.97 Å². The van der Waals surface area contributed by atoms with Crippen molar-refractivity contribution in [1.82, 2.24) is 14.8 Å². The quantitative estimate of drug-likeness (QED) is 0.429. The highest BCUT2D eigenvalue weighted by Crippen LogP contribution is 2.23. The number of hydrogen-bond donors (Lipinski definition) is 0. The van der Waals surface area contributed by atoms with Crippen molar-refractivity contribution >= 4 is 33.7 Å². The second kappa shape index (κ2) is 10.1. The standard InChI is InChI=1S/C19H24BrN3O3S/c1-2-23-17(12-25-15-10-8-14(20)9-11-15)21-22-19(23)27-13-18(24)26-16-6-4-3-5-7-16/h8-11,16H,2-7,12-13H2,1H3. The Balaban J connectivity index is 1.51. The predicted octanol–water partition coefficient (Wildman–Crippen LogP) is 4.61. The fraction of sp³-hybridized carbons (Fsp3) is 0.526. The summed E-state index contributed by atoms with van der Waals surface area (Å²) in [7, 11) is 0. The van der Waals surface area contributed by atoms with E-state index in [-0.39, 0.29) is 17.8 Å². The summed E-state index contributed by atoms with van der Waals surface area (Å²) in [5, 5.41) is 9.15. The van der Waals surface area contributed by atoms with Crippen molar-refractivity contribution in [2.45, 2.75) is 63.4 Å². The van der Waals surface area contributed by atoms with Crippen LogP contribution in [0.15, 0.2) is 33.9 Å². The van der Waals surface area contributed by atoms with E-state index in [9.17, 15) is 4.79 Å². The molecule has 1 fully saturated rings. The minimum atomic E-state index is -0.176. The topological polar surface area (TPSA) is 66.2 Å². The molecule has 0 N–H and O–H groups in total. The number of carbonyl (C=O) groups excluding carboxylic acids is 1. The Bertz CT molecular complexity index is 745. The highest BCUT2D eigenvalue weighted by molar-refractivity contribution is 9.10. The van der Waals surface area contributed by atoms with Crippen LogP contribution in [0.2, 0.25) is 0 Å². The molecule has 27 heavy (non-hydrogen) atoms. The SMILES string of the molecule is CCn1c(COc2ccc(Br)cc2)nnc1SCC(=O)OC1CCCCC1. The summed E-state index contributed by atoms with van der Waals surface area (Å²) in [6.07, 6.45) is 5.60. The largest absolute Gasteiger partial charge is 0.486 e. The zero-order chi connectivity index (χ0) is 19.1. The molecule has 0 unspecified atom stereocenters. The number of nitrogens with zero attached hydrogens (tertiary/aromatic N) is 3. The fourth-order valence-electron chi connectivity index (χ4n) is 3.06. The van der Waals surface area contributed by atoms with Crippen LogP contribution in [0.5, 0.6) is 5.75 Å². The normalized spacial score (nSPS) is 14.9. The van der Waals surface area contributed by atoms with E-state index >= 15 is 0 Å². The molecular weight excluding hydrogens is 430 g/mol. The van der Waals surface area contributed by atoms with Gasteiger partial charge in [0, 0.05) is 11.0 Å². The molecule has 0 bridgehead atoms. The Labute approximate surface area is 172 Å². The summed E-state index contributed by atoms with van der Waals surface area (Å²) in [5.74, 6) is 1.59. The fourth-order valence-corrected chi connectivity index (χ4v) is 4.12. The van der Waals surface area contributed by atoms with Crippen LogP contribution < -0.4 is 4.74 Å². The third kappa shape index (κ3) is 5.97. The molecular formula is C19H24BrN3O3S. The molecule has 1 aromatic carbocycles. The zero-order valence-corrected chi connectivity index (χ0v) is 17.8. The molecule has 1 aromatic heterocycles. The number of carbonyl (C=O) groups is 1. The van der Waals surface area contributed by atoms with Crippen LogP contribution in [-0.4, -0.2) is 32.6 Å². The first kappa shape index (κ1) is 20.2. The number of esters is 1. The highest BCUT2D eigenvalue weighted by atomic mass is 79.9. The molecule has 0 radical (unpaired) electrons. The average molecular weight is 454 g/mol. The van der Waals surface area contributed by atoms with Gasteiger partial charge in [0.2, 0.25) is 0 Å². The summed E-state index contributed by atoms with van der Waals surface area (Å²) >= 11 is 4.77. The molecule has 2 aromatic rings. The first-order valence-electron chi connectivity index (χ1n) is 9.28. The number of thioether (sulfide) groups is 1. The lowest BCUT2D eigenvalue weighted by molar-refractivity contribution is -0.147. The number of ether oxygens (including phenoxy) is 2. The lowest BCUT2D eigenvalue weighted by Gasteiger charge is -2.21. The Morgan fingerprint density at radius 2 is 1.96 bits per heavy atom. The maximum Gasteiger partial charge on any atom is 0.316 e. The van der Waals surface area contributed by atoms with Gasteiger partial charge in [-0.15, -0.1) is 10.2 Å². The number of hydrogen-bond acceptors (Lipinski definition) is 6. The van der Waals surface area contributed by atoms with Gasteiger partial charge in [0.15, 0.2) is 11.0 Å². The van der Waals surface area contributed by atoms with Crippen molar-refractivity contribution in [1.29, 1.82) is 0 Å². The third-order valence-corrected chi connectivity index (χ3v) is 5.93. The van der Waals surface area contributed by atoms with Gasteiger partial charge in [-0.1, -0.05) is 34.1 Å². The minimum absolute atomic E-state index is 0.0887. The van der Waals surface area contributed by atoms with Crippen LogP contribution in [0.1, 0.15) is 44.9 Å². The summed E-state index contributed by atoms with van der Waals surface area (Å²) < 4.78 is 14.3. The molecule has 0 amide bonds. The molecule has 146 valence electrons. The molecule has 0 atom stereocenters. The van der Waals surface area contributed by atoms with E-state index in [0.29, 0.717) is 18.3 Å². The number of benzene rings is 1. The molecule has 1 heterocycles. The molecule has 0 saturated heterocycles. The third-order valence-electron chi connectivity index (χ3n) is 4.46. The summed E-state index contributed by atoms with van der Waals surface area (Å²) in [5.41, 5.74) is 0. The minimum Gasteiger partial charge on any atom is -0.486 e. The lowest BCUT2D eigenvalue weighted by atomic mass is 9.98. The van der Waals surface area contributed by atoms with Crippen LogP contribution >= 0.6 is 27.7 Å². The molecule has 1 aliphatic carbocycles. The van der Waals surface area contributed by atoms with Crippen molar-refractivity contribution in [2.24, 2.45) is 0 Å². The van der Waals surface area contributed by atoms with Crippen LogP contribution in [0.3, 0.4) is 0 Å². The van der Waals surface area contributed by atoms with Crippen molar-refractivity contribution in [3.8, 4) is 5.75 Å². The Kier molecular flexibility index (Phi) is 7.58. The number of rotatable bonds is 8. The maximum absolute atomic E-state index is 12.1. The second-order valence-corrected chi connectivity index (χ2v) is 8.28. The molecule has 8 heteroatoms. The van der Waals surface area contributed by atoms with E-state index in [4.69, 9.17) is 9.47 Å². The molecule has 3 rings (SSSR count). The summed E-state index contributed by atoms with van der Waals surface area (Å²) in [6, 6.07) is 7.65. The van der Waals surface area contributed by atoms with E-state index in [1.54, 1.807) is 0 Å². The zero-order valence-electron chi connectivity index (χ0n) is 15.4. The van der Waals surface area contributed by atoms with Crippen molar-refractivity contribution in [3.63, 3.8) is 0 Å². The predicted molar refractivity (Wildman–Crippen MR) is 108 cm³/mol. The van der Waals surface area contributed by atoms with Crippen molar-refractivity contribution < 1.29 is 14.3 Å². The Morgan fingerprint density at radius 1 is 1.22 bits per heavy atom. The van der Waals surface area contributed by atoms with Gasteiger partial charge in [-0.2, -0.15) is 0 Å². The first-order valence-corrected chi connectivity index (χ1v) is 11.1. The molecule has 0 aliphatic heterocycles. The highest BCUT2D eigenvalue weighted by Gasteiger charge is 2.19. The van der Waals surface area contributed by atoms with Crippen LogP contribution in [-0.2, 0) is 22.7 Å². The van der Waals surface area contributed by atoms with Crippen molar-refractivity contribution in [3.05, 3.63) is 34.6 Å². The average Bonchev–Trinajstić information content (AvgIpc) is 3.08. The van der Waals surface area contributed by atoms with Gasteiger partial charge < -0.3 is 14.0 Å². The molecule has 1 saturated carbocycles. The van der Waals surface area contributed by atoms with E-state index in [2.05, 4.69) is 26.1 Å². The van der Waals surface area contributed by atoms with Crippen LogP contribution in [0.25, 0.3) is 0 Å². The van der Waals surface area contributed by atoms with Gasteiger partial charge in [-0.3, -0.25) is 4.79 Å².